The molecule has 0 saturated heterocycles. The van der Waals surface area contributed by atoms with Crippen molar-refractivity contribution in [3.63, 3.8) is 0 Å². The number of hydrogen-bond acceptors (Lipinski definition) is 2. The Balaban J connectivity index is 1.65. The molecule has 0 aliphatic heterocycles. The normalized spacial score (nSPS) is 16.0. The molecule has 0 spiro atoms. The molecular weight excluding hydrogens is 228 g/mol. The molecule has 2 amide bonds. The molecule has 1 aliphatic carbocycles. The smallest absolute Gasteiger partial charge is 0.319 e. The Hall–Kier alpha value is -2.04. The number of pyridine rings is 1. The number of nitrogens with zero attached hydrogens (tertiary/aromatic N) is 2. The first kappa shape index (κ1) is 11.1. The minimum Gasteiger partial charge on any atom is -0.335 e. The van der Waals surface area contributed by atoms with Crippen LogP contribution in [0, 0.1) is 0 Å². The Kier molecular flexibility index (Phi) is 2.88. The molecule has 2 heterocycles. The van der Waals surface area contributed by atoms with E-state index in [-0.39, 0.29) is 6.03 Å². The predicted molar refractivity (Wildman–Crippen MR) is 69.6 cm³/mol. The number of nitrogens with one attached hydrogen (secondary N) is 2. The van der Waals surface area contributed by atoms with E-state index in [4.69, 9.17) is 0 Å². The maximum Gasteiger partial charge on any atom is 0.319 e. The highest BCUT2D eigenvalue weighted by Crippen LogP contribution is 2.18. The van der Waals surface area contributed by atoms with Gasteiger partial charge in [-0.3, -0.25) is 0 Å². The lowest BCUT2D eigenvalue weighted by molar-refractivity contribution is 0.248. The average Bonchev–Trinajstić information content (AvgIpc) is 2.98. The zero-order valence-electron chi connectivity index (χ0n) is 10.1. The highest BCUT2D eigenvalue weighted by Gasteiger charge is 2.16. The molecule has 5 nitrogen and oxygen atoms in total. The summed E-state index contributed by atoms with van der Waals surface area (Å²) >= 11 is 0. The number of anilines is 1. The zero-order valence-corrected chi connectivity index (χ0v) is 10.1. The van der Waals surface area contributed by atoms with E-state index in [1.807, 2.05) is 24.4 Å². The van der Waals surface area contributed by atoms with Gasteiger partial charge in [0.05, 0.1) is 5.52 Å². The van der Waals surface area contributed by atoms with Crippen LogP contribution in [0.15, 0.2) is 30.6 Å². The van der Waals surface area contributed by atoms with Crippen molar-refractivity contribution in [2.24, 2.45) is 0 Å². The second-order valence-corrected chi connectivity index (χ2v) is 4.70. The van der Waals surface area contributed by atoms with Crippen molar-refractivity contribution in [1.82, 2.24) is 14.9 Å². The van der Waals surface area contributed by atoms with Gasteiger partial charge in [-0.1, -0.05) is 12.8 Å². The van der Waals surface area contributed by atoms with Crippen LogP contribution in [0.1, 0.15) is 25.7 Å². The number of amides is 2. The lowest BCUT2D eigenvalue weighted by Crippen LogP contribution is -2.36. The van der Waals surface area contributed by atoms with Gasteiger partial charge < -0.3 is 10.6 Å². The SMILES string of the molecule is O=C(Nc1ccn2nccc2c1)NC1CCCC1. The highest BCUT2D eigenvalue weighted by atomic mass is 16.2. The summed E-state index contributed by atoms with van der Waals surface area (Å²) in [4.78, 5) is 11.8. The minimum atomic E-state index is -0.120. The number of aromatic nitrogens is 2. The molecule has 18 heavy (non-hydrogen) atoms. The summed E-state index contributed by atoms with van der Waals surface area (Å²) < 4.78 is 1.76. The summed E-state index contributed by atoms with van der Waals surface area (Å²) in [6, 6.07) is 5.87. The van der Waals surface area contributed by atoms with Crippen LogP contribution >= 0.6 is 0 Å². The number of fused-ring (bicyclic) bond motifs is 1. The molecule has 0 aromatic carbocycles. The maximum absolute atomic E-state index is 11.8. The fourth-order valence-corrected chi connectivity index (χ4v) is 2.42. The summed E-state index contributed by atoms with van der Waals surface area (Å²) in [5, 5.41) is 9.97. The first-order valence-corrected chi connectivity index (χ1v) is 6.32. The number of rotatable bonds is 2. The first-order chi connectivity index (χ1) is 8.81. The van der Waals surface area contributed by atoms with E-state index in [0.717, 1.165) is 24.0 Å². The zero-order chi connectivity index (χ0) is 12.4. The molecule has 1 aliphatic rings. The molecule has 2 N–H and O–H groups in total. The van der Waals surface area contributed by atoms with Crippen molar-refractivity contribution in [2.45, 2.75) is 31.7 Å². The van der Waals surface area contributed by atoms with Crippen LogP contribution in [0.3, 0.4) is 0 Å². The van der Waals surface area contributed by atoms with Crippen LogP contribution in [0.4, 0.5) is 10.5 Å². The fraction of sp³-hybridized carbons (Fsp3) is 0.385. The lowest BCUT2D eigenvalue weighted by Gasteiger charge is -2.12. The minimum absolute atomic E-state index is 0.120. The number of carbonyl (C=O) groups excluding carboxylic acids is 1. The number of hydrogen-bond donors (Lipinski definition) is 2. The third-order valence-corrected chi connectivity index (χ3v) is 3.35. The van der Waals surface area contributed by atoms with Crippen LogP contribution in [0.2, 0.25) is 0 Å². The predicted octanol–water partition coefficient (Wildman–Crippen LogP) is 2.40. The van der Waals surface area contributed by atoms with Crippen LogP contribution in [0.25, 0.3) is 5.52 Å². The second-order valence-electron chi connectivity index (χ2n) is 4.70. The van der Waals surface area contributed by atoms with Gasteiger partial charge in [0.1, 0.15) is 0 Å². The standard InChI is InChI=1S/C13H16N4O/c18-13(15-10-3-1-2-4-10)16-11-6-8-17-12(9-11)5-7-14-17/h5-10H,1-4H2,(H2,15,16,18). The van der Waals surface area contributed by atoms with Gasteiger partial charge >= 0.3 is 6.03 Å². The molecule has 94 valence electrons. The molecule has 5 heteroatoms. The van der Waals surface area contributed by atoms with Gasteiger partial charge in [-0.15, -0.1) is 0 Å². The van der Waals surface area contributed by atoms with Crippen molar-refractivity contribution in [1.29, 1.82) is 0 Å². The summed E-state index contributed by atoms with van der Waals surface area (Å²) in [7, 11) is 0. The third-order valence-electron chi connectivity index (χ3n) is 3.35. The molecule has 1 fully saturated rings. The van der Waals surface area contributed by atoms with Gasteiger partial charge in [0.2, 0.25) is 0 Å². The van der Waals surface area contributed by atoms with E-state index >= 15 is 0 Å². The van der Waals surface area contributed by atoms with Gasteiger partial charge in [0, 0.05) is 24.1 Å². The Bertz CT molecular complexity index is 557. The van der Waals surface area contributed by atoms with E-state index in [2.05, 4.69) is 15.7 Å². The van der Waals surface area contributed by atoms with Gasteiger partial charge in [-0.2, -0.15) is 5.10 Å². The molecule has 2 aromatic rings. The monoisotopic (exact) mass is 244 g/mol. The van der Waals surface area contributed by atoms with Crippen LogP contribution in [0.5, 0.6) is 0 Å². The Morgan fingerprint density at radius 1 is 1.33 bits per heavy atom. The van der Waals surface area contributed by atoms with E-state index < -0.39 is 0 Å². The van der Waals surface area contributed by atoms with Crippen molar-refractivity contribution in [3.8, 4) is 0 Å². The average molecular weight is 244 g/mol. The van der Waals surface area contributed by atoms with Crippen LogP contribution in [-0.2, 0) is 0 Å². The Morgan fingerprint density at radius 2 is 2.17 bits per heavy atom. The van der Waals surface area contributed by atoms with Gasteiger partial charge in [0.25, 0.3) is 0 Å². The quantitative estimate of drug-likeness (QED) is 0.852. The highest BCUT2D eigenvalue weighted by molar-refractivity contribution is 5.90. The molecule has 1 saturated carbocycles. The van der Waals surface area contributed by atoms with Crippen LogP contribution < -0.4 is 10.6 Å². The lowest BCUT2D eigenvalue weighted by atomic mass is 10.2. The topological polar surface area (TPSA) is 58.4 Å². The summed E-state index contributed by atoms with van der Waals surface area (Å²) in [5.74, 6) is 0. The summed E-state index contributed by atoms with van der Waals surface area (Å²) in [6.07, 6.45) is 8.18. The van der Waals surface area contributed by atoms with E-state index in [1.54, 1.807) is 10.7 Å². The van der Waals surface area contributed by atoms with Gasteiger partial charge in [0.15, 0.2) is 0 Å². The van der Waals surface area contributed by atoms with E-state index in [9.17, 15) is 4.79 Å². The number of urea groups is 1. The third kappa shape index (κ3) is 2.30. The fourth-order valence-electron chi connectivity index (χ4n) is 2.42. The molecular formula is C13H16N4O. The molecule has 0 radical (unpaired) electrons. The molecule has 0 atom stereocenters. The van der Waals surface area contributed by atoms with Crippen LogP contribution in [-0.4, -0.2) is 21.7 Å². The first-order valence-electron chi connectivity index (χ1n) is 6.32. The Labute approximate surface area is 105 Å². The summed E-state index contributed by atoms with van der Waals surface area (Å²) in [6.45, 7) is 0. The van der Waals surface area contributed by atoms with Crippen molar-refractivity contribution in [2.75, 3.05) is 5.32 Å². The van der Waals surface area contributed by atoms with Crippen molar-refractivity contribution >= 4 is 17.2 Å². The van der Waals surface area contributed by atoms with Gasteiger partial charge in [-0.05, 0) is 31.0 Å². The Morgan fingerprint density at radius 3 is 3.00 bits per heavy atom. The number of carbonyl (C=O) groups is 1. The largest absolute Gasteiger partial charge is 0.335 e. The molecule has 3 rings (SSSR count). The van der Waals surface area contributed by atoms with E-state index in [1.165, 1.54) is 12.8 Å². The molecule has 2 aromatic heterocycles. The maximum atomic E-state index is 11.8. The molecule has 0 unspecified atom stereocenters. The molecule has 0 bridgehead atoms. The van der Waals surface area contributed by atoms with Gasteiger partial charge in [-0.25, -0.2) is 9.31 Å². The van der Waals surface area contributed by atoms with Crippen molar-refractivity contribution < 1.29 is 4.79 Å². The van der Waals surface area contributed by atoms with E-state index in [0.29, 0.717) is 6.04 Å². The summed E-state index contributed by atoms with van der Waals surface area (Å²) in [5.41, 5.74) is 1.76. The second kappa shape index (κ2) is 4.68. The van der Waals surface area contributed by atoms with Crippen molar-refractivity contribution in [3.05, 3.63) is 30.6 Å².